The SMILES string of the molecule is CC(C)(C)OC(=O)N[C@]1(OC(C)(C)C)C(=O)N(Cc2ccccc2)c2ccccc21. The van der Waals surface area contributed by atoms with Gasteiger partial charge in [0.1, 0.15) is 5.60 Å². The van der Waals surface area contributed by atoms with Crippen molar-refractivity contribution in [2.24, 2.45) is 0 Å². The Morgan fingerprint density at radius 1 is 0.933 bits per heavy atom. The van der Waals surface area contributed by atoms with Crippen LogP contribution >= 0.6 is 0 Å². The minimum absolute atomic E-state index is 0.353. The van der Waals surface area contributed by atoms with Crippen molar-refractivity contribution in [3.63, 3.8) is 0 Å². The highest BCUT2D eigenvalue weighted by atomic mass is 16.6. The number of carbonyl (C=O) groups is 2. The number of benzene rings is 2. The average Bonchev–Trinajstić information content (AvgIpc) is 2.82. The maximum absolute atomic E-state index is 13.8. The van der Waals surface area contributed by atoms with Gasteiger partial charge in [-0.05, 0) is 53.2 Å². The summed E-state index contributed by atoms with van der Waals surface area (Å²) in [5.41, 5.74) is -0.826. The van der Waals surface area contributed by atoms with E-state index in [0.29, 0.717) is 17.8 Å². The molecule has 1 aliphatic heterocycles. The van der Waals surface area contributed by atoms with Gasteiger partial charge >= 0.3 is 6.09 Å². The molecule has 6 nitrogen and oxygen atoms in total. The Morgan fingerprint density at radius 2 is 1.53 bits per heavy atom. The van der Waals surface area contributed by atoms with Crippen LogP contribution in [0, 0.1) is 0 Å². The third-order valence-electron chi connectivity index (χ3n) is 4.44. The molecule has 1 atom stereocenters. The molecule has 1 aliphatic rings. The Hall–Kier alpha value is -2.86. The summed E-state index contributed by atoms with van der Waals surface area (Å²) in [5, 5.41) is 2.75. The molecule has 2 aromatic carbocycles. The van der Waals surface area contributed by atoms with E-state index in [4.69, 9.17) is 9.47 Å². The number of hydrogen-bond acceptors (Lipinski definition) is 4. The topological polar surface area (TPSA) is 67.9 Å². The Kier molecular flexibility index (Phi) is 5.65. The zero-order chi connectivity index (χ0) is 22.2. The lowest BCUT2D eigenvalue weighted by Gasteiger charge is -2.36. The molecule has 0 radical (unpaired) electrons. The molecule has 0 aliphatic carbocycles. The molecule has 2 amide bonds. The lowest BCUT2D eigenvalue weighted by molar-refractivity contribution is -0.173. The van der Waals surface area contributed by atoms with E-state index >= 15 is 0 Å². The number of fused-ring (bicyclic) bond motifs is 1. The molecule has 30 heavy (non-hydrogen) atoms. The number of rotatable bonds is 4. The summed E-state index contributed by atoms with van der Waals surface area (Å²) >= 11 is 0. The van der Waals surface area contributed by atoms with Crippen LogP contribution in [0.15, 0.2) is 54.6 Å². The van der Waals surface area contributed by atoms with Crippen molar-refractivity contribution < 1.29 is 19.1 Å². The first-order valence-electron chi connectivity index (χ1n) is 10.1. The number of amides is 2. The summed E-state index contributed by atoms with van der Waals surface area (Å²) in [5.74, 6) is -0.353. The molecule has 0 unspecified atom stereocenters. The van der Waals surface area contributed by atoms with Crippen LogP contribution in [0.25, 0.3) is 0 Å². The van der Waals surface area contributed by atoms with Crippen LogP contribution in [-0.4, -0.2) is 23.2 Å². The molecule has 6 heteroatoms. The van der Waals surface area contributed by atoms with Gasteiger partial charge in [-0.25, -0.2) is 4.79 Å². The number of hydrogen-bond donors (Lipinski definition) is 1. The number of carbonyl (C=O) groups excluding carboxylic acids is 2. The largest absolute Gasteiger partial charge is 0.444 e. The fourth-order valence-electron chi connectivity index (χ4n) is 3.50. The van der Waals surface area contributed by atoms with E-state index in [9.17, 15) is 9.59 Å². The van der Waals surface area contributed by atoms with Crippen LogP contribution < -0.4 is 10.2 Å². The zero-order valence-corrected chi connectivity index (χ0v) is 18.5. The normalized spacial score (nSPS) is 18.9. The average molecular weight is 411 g/mol. The third-order valence-corrected chi connectivity index (χ3v) is 4.44. The minimum Gasteiger partial charge on any atom is -0.444 e. The fourth-order valence-corrected chi connectivity index (χ4v) is 3.50. The van der Waals surface area contributed by atoms with Crippen molar-refractivity contribution in [3.8, 4) is 0 Å². The Labute approximate surface area is 178 Å². The van der Waals surface area contributed by atoms with Gasteiger partial charge in [0.25, 0.3) is 11.6 Å². The second kappa shape index (κ2) is 7.76. The van der Waals surface area contributed by atoms with Gasteiger partial charge < -0.3 is 14.4 Å². The highest BCUT2D eigenvalue weighted by Crippen LogP contribution is 2.44. The third kappa shape index (κ3) is 4.65. The second-order valence-corrected chi connectivity index (χ2v) is 9.42. The molecule has 0 aromatic heterocycles. The molecular formula is C24H30N2O4. The summed E-state index contributed by atoms with van der Waals surface area (Å²) in [7, 11) is 0. The molecule has 0 fully saturated rings. The Morgan fingerprint density at radius 3 is 2.13 bits per heavy atom. The second-order valence-electron chi connectivity index (χ2n) is 9.42. The number of alkyl carbamates (subject to hydrolysis) is 1. The van der Waals surface area contributed by atoms with E-state index in [0.717, 1.165) is 5.56 Å². The van der Waals surface area contributed by atoms with E-state index in [1.807, 2.05) is 69.3 Å². The van der Waals surface area contributed by atoms with Crippen LogP contribution in [0.5, 0.6) is 0 Å². The summed E-state index contributed by atoms with van der Waals surface area (Å²) < 4.78 is 11.7. The van der Waals surface area contributed by atoms with Gasteiger partial charge in [0, 0.05) is 5.56 Å². The first kappa shape index (κ1) is 21.8. The highest BCUT2D eigenvalue weighted by Gasteiger charge is 2.55. The van der Waals surface area contributed by atoms with Gasteiger partial charge in [0.15, 0.2) is 0 Å². The molecule has 1 heterocycles. The van der Waals surface area contributed by atoms with Crippen LogP contribution in [-0.2, 0) is 26.5 Å². The van der Waals surface area contributed by atoms with E-state index in [-0.39, 0.29) is 5.91 Å². The standard InChI is InChI=1S/C24H30N2O4/c1-22(2,3)29-21(28)25-24(30-23(4,5)6)18-14-10-11-15-19(18)26(20(24)27)16-17-12-8-7-9-13-17/h7-15H,16H2,1-6H3,(H,25,28)/t24-/m1/s1. The van der Waals surface area contributed by atoms with Gasteiger partial charge in [0.05, 0.1) is 17.8 Å². The zero-order valence-electron chi connectivity index (χ0n) is 18.5. The lowest BCUT2D eigenvalue weighted by Crippen LogP contribution is -2.58. The number of nitrogens with zero attached hydrogens (tertiary/aromatic N) is 1. The van der Waals surface area contributed by atoms with Crippen molar-refractivity contribution in [2.45, 2.75) is 65.0 Å². The van der Waals surface area contributed by atoms with E-state index in [2.05, 4.69) is 5.32 Å². The van der Waals surface area contributed by atoms with Crippen LogP contribution in [0.1, 0.15) is 52.7 Å². The van der Waals surface area contributed by atoms with Crippen LogP contribution in [0.2, 0.25) is 0 Å². The minimum atomic E-state index is -1.67. The summed E-state index contributed by atoms with van der Waals surface area (Å²) in [6, 6.07) is 17.1. The molecule has 3 rings (SSSR count). The predicted octanol–water partition coefficient (Wildman–Crippen LogP) is 4.73. The van der Waals surface area contributed by atoms with Crippen molar-refractivity contribution in [1.29, 1.82) is 0 Å². The Bertz CT molecular complexity index is 928. The number of ether oxygens (including phenoxy) is 2. The molecular weight excluding hydrogens is 380 g/mol. The first-order valence-corrected chi connectivity index (χ1v) is 10.1. The van der Waals surface area contributed by atoms with Crippen molar-refractivity contribution in [2.75, 3.05) is 4.90 Å². The molecule has 0 spiro atoms. The number of anilines is 1. The van der Waals surface area contributed by atoms with Crippen molar-refractivity contribution in [1.82, 2.24) is 5.32 Å². The van der Waals surface area contributed by atoms with Gasteiger partial charge in [0.2, 0.25) is 0 Å². The summed E-state index contributed by atoms with van der Waals surface area (Å²) in [6.07, 6.45) is -0.712. The fraction of sp³-hybridized carbons (Fsp3) is 0.417. The maximum atomic E-state index is 13.8. The van der Waals surface area contributed by atoms with Crippen molar-refractivity contribution in [3.05, 3.63) is 65.7 Å². The van der Waals surface area contributed by atoms with Crippen molar-refractivity contribution >= 4 is 17.7 Å². The van der Waals surface area contributed by atoms with Gasteiger partial charge in [-0.1, -0.05) is 48.5 Å². The molecule has 160 valence electrons. The quantitative estimate of drug-likeness (QED) is 0.740. The maximum Gasteiger partial charge on any atom is 0.410 e. The highest BCUT2D eigenvalue weighted by molar-refractivity contribution is 6.08. The van der Waals surface area contributed by atoms with E-state index in [1.165, 1.54) is 0 Å². The molecule has 0 bridgehead atoms. The number of para-hydroxylation sites is 1. The lowest BCUT2D eigenvalue weighted by atomic mass is 10.0. The smallest absolute Gasteiger partial charge is 0.410 e. The number of nitrogens with one attached hydrogen (secondary N) is 1. The molecule has 1 N–H and O–H groups in total. The summed E-state index contributed by atoms with van der Waals surface area (Å²) in [6.45, 7) is 11.2. The predicted molar refractivity (Wildman–Crippen MR) is 116 cm³/mol. The van der Waals surface area contributed by atoms with Crippen LogP contribution in [0.4, 0.5) is 10.5 Å². The van der Waals surface area contributed by atoms with Gasteiger partial charge in [-0.2, -0.15) is 0 Å². The van der Waals surface area contributed by atoms with Gasteiger partial charge in [-0.3, -0.25) is 10.1 Å². The summed E-state index contributed by atoms with van der Waals surface area (Å²) in [4.78, 5) is 28.2. The van der Waals surface area contributed by atoms with Crippen LogP contribution in [0.3, 0.4) is 0 Å². The monoisotopic (exact) mass is 410 g/mol. The molecule has 0 saturated carbocycles. The van der Waals surface area contributed by atoms with Gasteiger partial charge in [-0.15, -0.1) is 0 Å². The molecule has 0 saturated heterocycles. The molecule has 2 aromatic rings. The van der Waals surface area contributed by atoms with E-state index < -0.39 is 23.0 Å². The Balaban J connectivity index is 2.06. The first-order chi connectivity index (χ1) is 13.9. The van der Waals surface area contributed by atoms with E-state index in [1.54, 1.807) is 31.7 Å².